The SMILES string of the molecule is [2H]OC(=O)c1ccccc1-c1ccccc1/C(=C/[P+](c1ccccc1)(c1ccccc1)c1ccccc1)C([2H])[P+](c1ccccc1)(c1ccccc1)c1ccccc1. The molecule has 0 aliphatic carbocycles. The van der Waals surface area contributed by atoms with Crippen molar-refractivity contribution in [2.75, 3.05) is 6.14 Å². The van der Waals surface area contributed by atoms with Crippen LogP contribution in [0.1, 0.15) is 17.3 Å². The van der Waals surface area contributed by atoms with Crippen molar-refractivity contribution in [3.8, 4) is 11.1 Å². The maximum atomic E-state index is 13.3. The number of rotatable bonds is 12. The number of carboxylic acid groups (broad SMARTS) is 1. The number of benzene rings is 8. The third-order valence-electron chi connectivity index (χ3n) is 10.3. The van der Waals surface area contributed by atoms with Crippen LogP contribution >= 0.6 is 14.5 Å². The predicted octanol–water partition coefficient (Wildman–Crippen LogP) is 10.4. The summed E-state index contributed by atoms with van der Waals surface area (Å²) < 4.78 is 18.9. The highest BCUT2D eigenvalue weighted by atomic mass is 31.2. The lowest BCUT2D eigenvalue weighted by Crippen LogP contribution is -2.34. The van der Waals surface area contributed by atoms with Crippen LogP contribution in [-0.4, -0.2) is 17.2 Å². The van der Waals surface area contributed by atoms with Crippen LogP contribution in [0.2, 0.25) is 0 Å². The van der Waals surface area contributed by atoms with E-state index in [0.29, 0.717) is 5.56 Å². The smallest absolute Gasteiger partial charge is 0.336 e. The van der Waals surface area contributed by atoms with Gasteiger partial charge in [-0.25, -0.2) is 4.79 Å². The highest BCUT2D eigenvalue weighted by Crippen LogP contribution is 2.63. The van der Waals surface area contributed by atoms with Crippen LogP contribution in [0.5, 0.6) is 0 Å². The van der Waals surface area contributed by atoms with E-state index in [1.807, 2.05) is 48.5 Å². The molecule has 0 amide bonds. The van der Waals surface area contributed by atoms with Gasteiger partial charge in [0.15, 0.2) is 0 Å². The van der Waals surface area contributed by atoms with Gasteiger partial charge < -0.3 is 5.11 Å². The summed E-state index contributed by atoms with van der Waals surface area (Å²) in [5, 5.41) is 11.4. The summed E-state index contributed by atoms with van der Waals surface area (Å²) >= 11 is 0. The van der Waals surface area contributed by atoms with Crippen molar-refractivity contribution in [1.29, 1.82) is 1.43 Å². The topological polar surface area (TPSA) is 37.3 Å². The summed E-state index contributed by atoms with van der Waals surface area (Å²) in [5.74, 6) is 1.70. The molecule has 8 aromatic rings. The lowest BCUT2D eigenvalue weighted by molar-refractivity contribution is 0.0697. The first-order valence-corrected chi connectivity index (χ1v) is 22.4. The summed E-state index contributed by atoms with van der Waals surface area (Å²) in [6.45, 7) is 0. The Morgan fingerprint density at radius 2 is 0.732 bits per heavy atom. The maximum Gasteiger partial charge on any atom is 0.336 e. The molecule has 0 aliphatic heterocycles. The predicted molar refractivity (Wildman–Crippen MR) is 242 cm³/mol. The van der Waals surface area contributed by atoms with Gasteiger partial charge in [-0.2, -0.15) is 0 Å². The minimum absolute atomic E-state index is 0.288. The monoisotopic (exact) mass is 762 g/mol. The lowest BCUT2D eigenvalue weighted by Gasteiger charge is -2.31. The Morgan fingerprint density at radius 3 is 1.11 bits per heavy atom. The van der Waals surface area contributed by atoms with E-state index >= 15 is 0 Å². The summed E-state index contributed by atoms with van der Waals surface area (Å²) in [7, 11) is -5.59. The number of aromatic carboxylic acids is 1. The minimum Gasteiger partial charge on any atom is -0.478 e. The quantitative estimate of drug-likeness (QED) is 0.126. The van der Waals surface area contributed by atoms with Crippen molar-refractivity contribution < 1.29 is 11.3 Å². The molecule has 270 valence electrons. The molecule has 0 radical (unpaired) electrons. The number of carboxylic acids is 1. The molecule has 1 atom stereocenters. The zero-order valence-electron chi connectivity index (χ0n) is 32.8. The fourth-order valence-electron chi connectivity index (χ4n) is 7.78. The van der Waals surface area contributed by atoms with Gasteiger partial charge >= 0.3 is 5.97 Å². The van der Waals surface area contributed by atoms with Crippen molar-refractivity contribution in [2.24, 2.45) is 0 Å². The van der Waals surface area contributed by atoms with Crippen LogP contribution in [0.25, 0.3) is 18.1 Å². The van der Waals surface area contributed by atoms with Gasteiger partial charge in [0.1, 0.15) is 52.5 Å². The molecule has 8 aromatic carbocycles. The number of carbonyl (C=O) groups is 1. The van der Waals surface area contributed by atoms with Gasteiger partial charge in [-0.15, -0.1) is 0 Å². The number of hydrogen-bond donors (Lipinski definition) is 1. The summed E-state index contributed by atoms with van der Waals surface area (Å²) in [6, 6.07) is 79.3. The number of allylic oxidation sites excluding steroid dienone is 1. The third-order valence-corrected chi connectivity index (χ3v) is 18.3. The van der Waals surface area contributed by atoms with Gasteiger partial charge in [0, 0.05) is 5.57 Å². The second kappa shape index (κ2) is 16.7. The molecule has 1 N–H and O–H groups in total. The normalized spacial score (nSPS) is 12.9. The van der Waals surface area contributed by atoms with E-state index in [1.165, 1.54) is 0 Å². The van der Waals surface area contributed by atoms with Crippen LogP contribution in [0.15, 0.2) is 236 Å². The summed E-state index contributed by atoms with van der Waals surface area (Å²) in [6.07, 6.45) is -0.841. The van der Waals surface area contributed by atoms with Crippen molar-refractivity contribution in [2.45, 2.75) is 0 Å². The number of hydrogen-bond acceptors (Lipinski definition) is 2. The molecule has 0 saturated heterocycles. The van der Waals surface area contributed by atoms with Crippen molar-refractivity contribution in [3.05, 3.63) is 247 Å². The van der Waals surface area contributed by atoms with Gasteiger partial charge in [0.05, 0.1) is 12.8 Å². The standard InChI is InChI=1S/C52H41O2P2/c53-52(54)51-38-22-21-37-50(51)49-36-20-19-35-48(49)41(39-55(42-23-7-1-8-24-42,43-25-9-2-10-26-43)44-27-11-3-12-28-44)40-56(45-29-13-4-14-30-45,46-31-15-5-16-32-46)47-33-17-6-18-34-47/h1-39H,40H2/q+1/p+1/b41-39+/i40D/hD. The van der Waals surface area contributed by atoms with Gasteiger partial charge in [0.25, 0.3) is 1.43 Å². The Labute approximate surface area is 334 Å². The van der Waals surface area contributed by atoms with Crippen LogP contribution in [0, 0.1) is 0 Å². The zero-order valence-corrected chi connectivity index (χ0v) is 32.6. The van der Waals surface area contributed by atoms with Crippen LogP contribution in [0.4, 0.5) is 0 Å². The molecule has 56 heavy (non-hydrogen) atoms. The van der Waals surface area contributed by atoms with Gasteiger partial charge in [-0.05, 0) is 95.6 Å². The van der Waals surface area contributed by atoms with Crippen LogP contribution in [-0.2, 0) is 0 Å². The second-order valence-corrected chi connectivity index (χ2v) is 20.1. The minimum atomic E-state index is -2.88. The zero-order chi connectivity index (χ0) is 39.8. The van der Waals surface area contributed by atoms with E-state index in [4.69, 9.17) is 1.43 Å². The van der Waals surface area contributed by atoms with E-state index < -0.39 is 26.6 Å². The lowest BCUT2D eigenvalue weighted by atomic mass is 9.92. The fraction of sp³-hybridized carbons (Fsp3) is 0.0192. The van der Waals surface area contributed by atoms with E-state index in [-0.39, 0.29) is 5.56 Å². The highest BCUT2D eigenvalue weighted by Gasteiger charge is 2.50. The Bertz CT molecular complexity index is 2430. The van der Waals surface area contributed by atoms with E-state index in [0.717, 1.165) is 48.5 Å². The second-order valence-electron chi connectivity index (χ2n) is 13.6. The van der Waals surface area contributed by atoms with Crippen molar-refractivity contribution >= 4 is 57.9 Å². The molecular weight excluding hydrogens is 719 g/mol. The molecule has 0 saturated carbocycles. The summed E-state index contributed by atoms with van der Waals surface area (Å²) in [5.41, 5.74) is 3.40. The average molecular weight is 763 g/mol. The molecule has 8 rings (SSSR count). The highest BCUT2D eigenvalue weighted by molar-refractivity contribution is 7.98. The Hall–Kier alpha value is -6.17. The fourth-order valence-corrected chi connectivity index (χ4v) is 15.7. The Morgan fingerprint density at radius 1 is 0.429 bits per heavy atom. The molecule has 1 unspecified atom stereocenters. The molecule has 0 aromatic heterocycles. The van der Waals surface area contributed by atoms with Crippen LogP contribution < -0.4 is 31.8 Å². The first-order chi connectivity index (χ1) is 28.6. The first-order valence-electron chi connectivity index (χ1n) is 19.7. The maximum absolute atomic E-state index is 13.3. The molecule has 2 nitrogen and oxygen atoms in total. The largest absolute Gasteiger partial charge is 0.478 e. The Balaban J connectivity index is 1.57. The Kier molecular flexibility index (Phi) is 10.2. The molecule has 0 bridgehead atoms. The van der Waals surface area contributed by atoms with Gasteiger partial charge in [0.2, 0.25) is 0 Å². The average Bonchev–Trinajstić information content (AvgIpc) is 3.31. The third kappa shape index (κ3) is 7.07. The van der Waals surface area contributed by atoms with E-state index in [2.05, 4.69) is 181 Å². The van der Waals surface area contributed by atoms with Crippen molar-refractivity contribution in [1.82, 2.24) is 0 Å². The van der Waals surface area contributed by atoms with Gasteiger partial charge in [-0.3, -0.25) is 0 Å². The van der Waals surface area contributed by atoms with Crippen molar-refractivity contribution in [3.63, 3.8) is 0 Å². The summed E-state index contributed by atoms with van der Waals surface area (Å²) in [4.78, 5) is 13.3. The molecule has 0 heterocycles. The van der Waals surface area contributed by atoms with E-state index in [1.54, 1.807) is 12.1 Å². The first kappa shape index (κ1) is 34.3. The molecular formula is C52H42O2P2+2. The molecule has 0 spiro atoms. The van der Waals surface area contributed by atoms with Crippen LogP contribution in [0.3, 0.4) is 0 Å². The molecule has 4 heteroatoms. The molecule has 0 fully saturated rings. The van der Waals surface area contributed by atoms with Gasteiger partial charge in [-0.1, -0.05) is 152 Å². The van der Waals surface area contributed by atoms with E-state index in [9.17, 15) is 6.17 Å². The molecule has 0 aliphatic rings.